The van der Waals surface area contributed by atoms with Crippen LogP contribution in [0.3, 0.4) is 0 Å². The van der Waals surface area contributed by atoms with Crippen molar-refractivity contribution in [3.8, 4) is 11.1 Å². The first-order chi connectivity index (χ1) is 15.4. The third-order valence-corrected chi connectivity index (χ3v) is 6.25. The molecular weight excluding hydrogens is 407 g/mol. The van der Waals surface area contributed by atoms with Gasteiger partial charge in [0.15, 0.2) is 5.96 Å². The van der Waals surface area contributed by atoms with Crippen LogP contribution < -0.4 is 5.73 Å². The number of methoxy groups -OCH3 is 1. The Hall–Kier alpha value is -3.19. The molecule has 0 bridgehead atoms. The second kappa shape index (κ2) is 9.12. The molecule has 0 amide bonds. The van der Waals surface area contributed by atoms with Crippen LogP contribution in [0.15, 0.2) is 64.1 Å². The average Bonchev–Trinajstić information content (AvgIpc) is 3.29. The highest BCUT2D eigenvalue weighted by atomic mass is 19.1. The molecule has 6 nitrogen and oxygen atoms in total. The van der Waals surface area contributed by atoms with E-state index in [9.17, 15) is 4.39 Å². The van der Waals surface area contributed by atoms with Crippen LogP contribution in [-0.2, 0) is 10.2 Å². The van der Waals surface area contributed by atoms with Crippen LogP contribution in [0.2, 0.25) is 0 Å². The Balaban J connectivity index is 1.50. The fourth-order valence-corrected chi connectivity index (χ4v) is 4.03. The first-order valence-corrected chi connectivity index (χ1v) is 10.8. The van der Waals surface area contributed by atoms with E-state index in [0.717, 1.165) is 42.8 Å². The lowest BCUT2D eigenvalue weighted by Crippen LogP contribution is -2.44. The highest BCUT2D eigenvalue weighted by Gasteiger charge is 2.28. The van der Waals surface area contributed by atoms with E-state index in [0.29, 0.717) is 17.4 Å². The van der Waals surface area contributed by atoms with Gasteiger partial charge in [0.05, 0.1) is 11.8 Å². The van der Waals surface area contributed by atoms with E-state index in [1.807, 2.05) is 41.3 Å². The van der Waals surface area contributed by atoms with Gasteiger partial charge in [-0.05, 0) is 30.0 Å². The molecule has 0 radical (unpaired) electrons. The Morgan fingerprint density at radius 1 is 1.16 bits per heavy atom. The van der Waals surface area contributed by atoms with Crippen molar-refractivity contribution < 1.29 is 13.7 Å². The van der Waals surface area contributed by atoms with E-state index in [2.05, 4.69) is 24.0 Å². The Labute approximate surface area is 187 Å². The quantitative estimate of drug-likeness (QED) is 0.456. The molecule has 1 aromatic heterocycles. The summed E-state index contributed by atoms with van der Waals surface area (Å²) in [5, 5.41) is 4.25. The van der Waals surface area contributed by atoms with Crippen molar-refractivity contribution in [3.05, 3.63) is 71.7 Å². The maximum atomic E-state index is 14.1. The van der Waals surface area contributed by atoms with Crippen LogP contribution in [0.1, 0.15) is 37.9 Å². The van der Waals surface area contributed by atoms with Gasteiger partial charge in [-0.3, -0.25) is 0 Å². The summed E-state index contributed by atoms with van der Waals surface area (Å²) in [5.74, 6) is 0.569. The van der Waals surface area contributed by atoms with E-state index < -0.39 is 5.41 Å². The molecule has 2 aromatic carbocycles. The number of benzene rings is 2. The van der Waals surface area contributed by atoms with Gasteiger partial charge in [-0.1, -0.05) is 61.5 Å². The predicted octanol–water partition coefficient (Wildman–Crippen LogP) is 4.86. The molecular formula is C25H29FN4O2. The average molecular weight is 437 g/mol. The van der Waals surface area contributed by atoms with Crippen LogP contribution in [0.25, 0.3) is 11.1 Å². The monoisotopic (exact) mass is 436 g/mol. The minimum Gasteiger partial charge on any atom is -0.381 e. The largest absolute Gasteiger partial charge is 0.381 e. The Morgan fingerprint density at radius 2 is 1.84 bits per heavy atom. The fourth-order valence-electron chi connectivity index (χ4n) is 4.03. The van der Waals surface area contributed by atoms with Crippen molar-refractivity contribution in [2.45, 2.75) is 38.2 Å². The van der Waals surface area contributed by atoms with Crippen molar-refractivity contribution in [1.29, 1.82) is 0 Å². The number of halogens is 1. The van der Waals surface area contributed by atoms with Gasteiger partial charge in [-0.2, -0.15) is 4.99 Å². The summed E-state index contributed by atoms with van der Waals surface area (Å²) >= 11 is 0. The first-order valence-electron chi connectivity index (χ1n) is 10.8. The van der Waals surface area contributed by atoms with Crippen molar-refractivity contribution in [1.82, 2.24) is 10.1 Å². The molecule has 1 saturated heterocycles. The maximum absolute atomic E-state index is 14.1. The summed E-state index contributed by atoms with van der Waals surface area (Å²) in [7, 11) is 1.74. The van der Waals surface area contributed by atoms with Gasteiger partial charge < -0.3 is 19.9 Å². The van der Waals surface area contributed by atoms with Gasteiger partial charge in [0.25, 0.3) is 5.88 Å². The van der Waals surface area contributed by atoms with E-state index in [-0.39, 0.29) is 11.9 Å². The molecule has 0 spiro atoms. The number of guanidine groups is 1. The number of hydrogen-bond donors (Lipinski definition) is 1. The number of ether oxygens (including phenoxy) is 1. The minimum absolute atomic E-state index is 0.234. The van der Waals surface area contributed by atoms with Crippen LogP contribution in [0, 0.1) is 5.82 Å². The number of likely N-dealkylation sites (tertiary alicyclic amines) is 1. The number of aliphatic imine (C=N–C) groups is 1. The Morgan fingerprint density at radius 3 is 2.50 bits per heavy atom. The molecule has 0 aliphatic carbocycles. The van der Waals surface area contributed by atoms with Gasteiger partial charge in [0, 0.05) is 37.2 Å². The summed E-state index contributed by atoms with van der Waals surface area (Å²) in [5.41, 5.74) is 8.98. The molecule has 7 heteroatoms. The topological polar surface area (TPSA) is 76.9 Å². The van der Waals surface area contributed by atoms with Gasteiger partial charge in [0.2, 0.25) is 0 Å². The smallest absolute Gasteiger partial charge is 0.253 e. The van der Waals surface area contributed by atoms with Crippen LogP contribution >= 0.6 is 0 Å². The highest BCUT2D eigenvalue weighted by Crippen LogP contribution is 2.34. The van der Waals surface area contributed by atoms with Gasteiger partial charge in [-0.15, -0.1) is 0 Å². The number of nitrogens with zero attached hydrogens (tertiary/aromatic N) is 3. The SMILES string of the molecule is COC1CCN(/C(N)=N\c2cc(C(C)(C)c3ccc(-c4ccccc4F)cc3)no2)CC1. The predicted molar refractivity (Wildman–Crippen MR) is 123 cm³/mol. The summed E-state index contributed by atoms with van der Waals surface area (Å²) in [6.07, 6.45) is 2.12. The number of aromatic nitrogens is 1. The van der Waals surface area contributed by atoms with Crippen molar-refractivity contribution in [2.75, 3.05) is 20.2 Å². The Kier molecular flexibility index (Phi) is 6.28. The van der Waals surface area contributed by atoms with E-state index in [4.69, 9.17) is 15.0 Å². The zero-order valence-electron chi connectivity index (χ0n) is 18.7. The second-order valence-corrected chi connectivity index (χ2v) is 8.62. The number of piperidine rings is 1. The highest BCUT2D eigenvalue weighted by molar-refractivity contribution is 5.80. The maximum Gasteiger partial charge on any atom is 0.253 e. The summed E-state index contributed by atoms with van der Waals surface area (Å²) < 4.78 is 25.0. The first kappa shape index (κ1) is 22.0. The van der Waals surface area contributed by atoms with E-state index in [1.165, 1.54) is 6.07 Å². The molecule has 4 rings (SSSR count). The number of rotatable bonds is 5. The van der Waals surface area contributed by atoms with Gasteiger partial charge in [-0.25, -0.2) is 4.39 Å². The lowest BCUT2D eigenvalue weighted by Gasteiger charge is -2.31. The van der Waals surface area contributed by atoms with Crippen molar-refractivity contribution in [3.63, 3.8) is 0 Å². The third-order valence-electron chi connectivity index (χ3n) is 6.25. The normalized spacial score (nSPS) is 15.9. The standard InChI is InChI=1S/C25H29FN4O2/c1-25(2,18-10-8-17(9-11-18)20-6-4-5-7-21(20)26)22-16-23(32-29-22)28-24(27)30-14-12-19(31-3)13-15-30/h4-11,16,19H,12-15H2,1-3H3,(H2,27,28). The molecule has 168 valence electrons. The van der Waals surface area contributed by atoms with Crippen LogP contribution in [-0.4, -0.2) is 42.3 Å². The number of nitrogens with two attached hydrogens (primary N) is 1. The molecule has 0 atom stereocenters. The lowest BCUT2D eigenvalue weighted by atomic mass is 9.81. The Bertz CT molecular complexity index is 1080. The van der Waals surface area contributed by atoms with Gasteiger partial charge >= 0.3 is 0 Å². The molecule has 1 aliphatic heterocycles. The summed E-state index contributed by atoms with van der Waals surface area (Å²) in [4.78, 5) is 6.47. The molecule has 32 heavy (non-hydrogen) atoms. The third kappa shape index (κ3) is 4.53. The zero-order valence-corrected chi connectivity index (χ0v) is 18.7. The van der Waals surface area contributed by atoms with E-state index in [1.54, 1.807) is 19.2 Å². The molecule has 3 aromatic rings. The fraction of sp³-hybridized carbons (Fsp3) is 0.360. The molecule has 0 unspecified atom stereocenters. The second-order valence-electron chi connectivity index (χ2n) is 8.62. The van der Waals surface area contributed by atoms with Crippen LogP contribution in [0.5, 0.6) is 0 Å². The molecule has 1 fully saturated rings. The molecule has 2 heterocycles. The van der Waals surface area contributed by atoms with Crippen LogP contribution in [0.4, 0.5) is 10.3 Å². The lowest BCUT2D eigenvalue weighted by molar-refractivity contribution is 0.0576. The van der Waals surface area contributed by atoms with E-state index >= 15 is 0 Å². The number of hydrogen-bond acceptors (Lipinski definition) is 4. The molecule has 0 saturated carbocycles. The van der Waals surface area contributed by atoms with Crippen molar-refractivity contribution >= 4 is 11.8 Å². The minimum atomic E-state index is -0.420. The van der Waals surface area contributed by atoms with Gasteiger partial charge in [0.1, 0.15) is 5.82 Å². The zero-order chi connectivity index (χ0) is 22.7. The summed E-state index contributed by atoms with van der Waals surface area (Å²) in [6, 6.07) is 16.4. The summed E-state index contributed by atoms with van der Waals surface area (Å²) in [6.45, 7) is 5.73. The molecule has 2 N–H and O–H groups in total. The van der Waals surface area contributed by atoms with Crippen molar-refractivity contribution in [2.24, 2.45) is 10.7 Å². The molecule has 1 aliphatic rings.